The number of hydrogen-bond donors (Lipinski definition) is 1. The Labute approximate surface area is 163 Å². The summed E-state index contributed by atoms with van der Waals surface area (Å²) < 4.78 is 20.3. The van der Waals surface area contributed by atoms with Crippen LogP contribution in [-0.2, 0) is 0 Å². The molecule has 6 nitrogen and oxygen atoms in total. The van der Waals surface area contributed by atoms with E-state index in [1.54, 1.807) is 12.4 Å². The van der Waals surface area contributed by atoms with E-state index in [0.29, 0.717) is 11.2 Å². The Morgan fingerprint density at radius 1 is 1.18 bits per heavy atom. The second kappa shape index (κ2) is 6.43. The summed E-state index contributed by atoms with van der Waals surface area (Å²) in [5.74, 6) is 1.57. The first-order valence-corrected chi connectivity index (χ1v) is 9.95. The van der Waals surface area contributed by atoms with E-state index in [1.165, 1.54) is 18.9 Å². The van der Waals surface area contributed by atoms with Crippen LogP contribution in [0.25, 0.3) is 22.3 Å². The number of H-pyrrole nitrogens is 1. The van der Waals surface area contributed by atoms with Gasteiger partial charge in [-0.05, 0) is 44.6 Å². The van der Waals surface area contributed by atoms with Crippen molar-refractivity contribution in [2.45, 2.75) is 45.1 Å². The van der Waals surface area contributed by atoms with Crippen LogP contribution in [0.5, 0.6) is 5.75 Å². The molecular formula is C21H24FN5O. The van der Waals surface area contributed by atoms with Crippen molar-refractivity contribution >= 4 is 16.7 Å². The monoisotopic (exact) mass is 381 g/mol. The third kappa shape index (κ3) is 3.19. The van der Waals surface area contributed by atoms with Crippen LogP contribution >= 0.6 is 0 Å². The highest BCUT2D eigenvalue weighted by molar-refractivity contribution is 5.93. The maximum Gasteiger partial charge on any atom is 0.167 e. The largest absolute Gasteiger partial charge is 0.484 e. The highest BCUT2D eigenvalue weighted by Crippen LogP contribution is 2.41. The summed E-state index contributed by atoms with van der Waals surface area (Å²) in [6.07, 6.45) is 5.82. The average molecular weight is 381 g/mol. The minimum absolute atomic E-state index is 0.244. The van der Waals surface area contributed by atoms with E-state index in [9.17, 15) is 4.39 Å². The van der Waals surface area contributed by atoms with E-state index < -0.39 is 0 Å². The molecule has 2 fully saturated rings. The van der Waals surface area contributed by atoms with Crippen LogP contribution in [0.15, 0.2) is 24.5 Å². The number of benzene rings is 1. The number of aromatic amines is 1. The van der Waals surface area contributed by atoms with Crippen LogP contribution in [0.3, 0.4) is 0 Å². The number of nitrogens with zero attached hydrogens (tertiary/aromatic N) is 4. The lowest BCUT2D eigenvalue weighted by Crippen LogP contribution is -2.33. The molecular weight excluding hydrogens is 357 g/mol. The molecule has 0 unspecified atom stereocenters. The summed E-state index contributed by atoms with van der Waals surface area (Å²) in [6.45, 7) is 6.30. The molecule has 1 aliphatic carbocycles. The molecule has 0 atom stereocenters. The number of ether oxygens (including phenoxy) is 1. The van der Waals surface area contributed by atoms with Crippen molar-refractivity contribution in [1.29, 1.82) is 0 Å². The molecule has 0 bridgehead atoms. The molecule has 3 heterocycles. The van der Waals surface area contributed by atoms with Crippen molar-refractivity contribution in [3.63, 3.8) is 0 Å². The Kier molecular flexibility index (Phi) is 4.00. The Hall–Kier alpha value is -2.70. The first-order valence-electron chi connectivity index (χ1n) is 9.95. The summed E-state index contributed by atoms with van der Waals surface area (Å²) in [7, 11) is 0. The van der Waals surface area contributed by atoms with Gasteiger partial charge in [0.1, 0.15) is 23.4 Å². The number of anilines is 1. The van der Waals surface area contributed by atoms with Crippen LogP contribution in [-0.4, -0.2) is 38.9 Å². The standard InChI is InChI=1S/C21H24FN5O/c1-13-3-7-27(8-4-13)19-11-17(23-12-24-19)20-14-9-18(28-21(2)5-6-21)15(22)10-16(14)25-26-20/h9-13H,3-8H2,1-2H3,(H,25,26). The van der Waals surface area contributed by atoms with Gasteiger partial charge in [0, 0.05) is 30.6 Å². The maximum absolute atomic E-state index is 14.4. The number of nitrogens with one attached hydrogen (secondary N) is 1. The predicted molar refractivity (Wildman–Crippen MR) is 106 cm³/mol. The van der Waals surface area contributed by atoms with Gasteiger partial charge in [0.25, 0.3) is 0 Å². The third-order valence-electron chi connectivity index (χ3n) is 5.93. The molecule has 28 heavy (non-hydrogen) atoms. The molecule has 1 saturated heterocycles. The molecule has 1 aromatic carbocycles. The minimum Gasteiger partial charge on any atom is -0.484 e. The molecule has 2 aliphatic rings. The van der Waals surface area contributed by atoms with Gasteiger partial charge in [-0.3, -0.25) is 5.10 Å². The molecule has 0 radical (unpaired) electrons. The second-order valence-corrected chi connectivity index (χ2v) is 8.38. The van der Waals surface area contributed by atoms with Gasteiger partial charge >= 0.3 is 0 Å². The lowest BCUT2D eigenvalue weighted by Gasteiger charge is -2.31. The van der Waals surface area contributed by atoms with Crippen molar-refractivity contribution < 1.29 is 9.13 Å². The lowest BCUT2D eigenvalue weighted by molar-refractivity contribution is 0.191. The third-order valence-corrected chi connectivity index (χ3v) is 5.93. The highest BCUT2D eigenvalue weighted by Gasteiger charge is 2.40. The van der Waals surface area contributed by atoms with E-state index in [2.05, 4.69) is 32.0 Å². The molecule has 1 saturated carbocycles. The zero-order valence-electron chi connectivity index (χ0n) is 16.2. The number of rotatable bonds is 4. The van der Waals surface area contributed by atoms with Gasteiger partial charge in [0.15, 0.2) is 11.6 Å². The van der Waals surface area contributed by atoms with Gasteiger partial charge in [-0.25, -0.2) is 14.4 Å². The van der Waals surface area contributed by atoms with Crippen molar-refractivity contribution in [3.05, 3.63) is 30.3 Å². The molecule has 5 rings (SSSR count). The molecule has 146 valence electrons. The van der Waals surface area contributed by atoms with Crippen LogP contribution in [0.1, 0.15) is 39.5 Å². The molecule has 0 spiro atoms. The fourth-order valence-electron chi connectivity index (χ4n) is 3.72. The van der Waals surface area contributed by atoms with Crippen molar-refractivity contribution in [2.75, 3.05) is 18.0 Å². The summed E-state index contributed by atoms with van der Waals surface area (Å²) in [5.41, 5.74) is 1.80. The van der Waals surface area contributed by atoms with Crippen molar-refractivity contribution in [1.82, 2.24) is 20.2 Å². The molecule has 3 aromatic rings. The number of piperidine rings is 1. The first-order chi connectivity index (χ1) is 13.5. The van der Waals surface area contributed by atoms with Gasteiger partial charge in [-0.1, -0.05) is 6.92 Å². The normalized spacial score (nSPS) is 19.2. The van der Waals surface area contributed by atoms with E-state index >= 15 is 0 Å². The molecule has 1 aliphatic heterocycles. The smallest absolute Gasteiger partial charge is 0.167 e. The SMILES string of the molecule is CC1CCN(c2cc(-c3n[nH]c4cc(F)c(OC5(C)CC5)cc34)ncn2)CC1. The van der Waals surface area contributed by atoms with Crippen LogP contribution in [0, 0.1) is 11.7 Å². The molecule has 7 heteroatoms. The van der Waals surface area contributed by atoms with Crippen LogP contribution < -0.4 is 9.64 Å². The zero-order chi connectivity index (χ0) is 19.3. The minimum atomic E-state index is -0.373. The Morgan fingerprint density at radius 2 is 1.96 bits per heavy atom. The zero-order valence-corrected chi connectivity index (χ0v) is 16.2. The fourth-order valence-corrected chi connectivity index (χ4v) is 3.72. The predicted octanol–water partition coefficient (Wildman–Crippen LogP) is 4.33. The van der Waals surface area contributed by atoms with E-state index in [1.807, 2.05) is 13.0 Å². The van der Waals surface area contributed by atoms with Crippen molar-refractivity contribution in [2.24, 2.45) is 5.92 Å². The lowest BCUT2D eigenvalue weighted by atomic mass is 9.99. The Balaban J connectivity index is 1.50. The summed E-state index contributed by atoms with van der Waals surface area (Å²) in [4.78, 5) is 11.2. The highest BCUT2D eigenvalue weighted by atomic mass is 19.1. The van der Waals surface area contributed by atoms with Gasteiger partial charge in [-0.2, -0.15) is 5.10 Å². The Bertz CT molecular complexity index is 1020. The fraction of sp³-hybridized carbons (Fsp3) is 0.476. The topological polar surface area (TPSA) is 66.9 Å². The summed E-state index contributed by atoms with van der Waals surface area (Å²) in [5, 5.41) is 8.12. The molecule has 1 N–H and O–H groups in total. The van der Waals surface area contributed by atoms with Crippen LogP contribution in [0.2, 0.25) is 0 Å². The Morgan fingerprint density at radius 3 is 2.71 bits per heavy atom. The van der Waals surface area contributed by atoms with Crippen LogP contribution in [0.4, 0.5) is 10.2 Å². The van der Waals surface area contributed by atoms with E-state index in [4.69, 9.17) is 4.74 Å². The average Bonchev–Trinajstić information content (AvgIpc) is 3.28. The molecule has 2 aromatic heterocycles. The first kappa shape index (κ1) is 17.4. The molecule has 0 amide bonds. The number of fused-ring (bicyclic) bond motifs is 1. The van der Waals surface area contributed by atoms with Gasteiger partial charge in [0.05, 0.1) is 11.2 Å². The number of hydrogen-bond acceptors (Lipinski definition) is 5. The summed E-state index contributed by atoms with van der Waals surface area (Å²) >= 11 is 0. The maximum atomic E-state index is 14.4. The van der Waals surface area contributed by atoms with Gasteiger partial charge < -0.3 is 9.64 Å². The van der Waals surface area contributed by atoms with E-state index in [-0.39, 0.29) is 17.2 Å². The second-order valence-electron chi connectivity index (χ2n) is 8.38. The van der Waals surface area contributed by atoms with Crippen molar-refractivity contribution in [3.8, 4) is 17.1 Å². The number of aromatic nitrogens is 4. The van der Waals surface area contributed by atoms with Gasteiger partial charge in [-0.15, -0.1) is 0 Å². The van der Waals surface area contributed by atoms with Gasteiger partial charge in [0.2, 0.25) is 0 Å². The van der Waals surface area contributed by atoms with E-state index in [0.717, 1.165) is 48.7 Å². The number of halogens is 1. The summed E-state index contributed by atoms with van der Waals surface area (Å²) in [6, 6.07) is 5.15. The quantitative estimate of drug-likeness (QED) is 0.729.